The van der Waals surface area contributed by atoms with Crippen molar-refractivity contribution in [3.63, 3.8) is 0 Å². The summed E-state index contributed by atoms with van der Waals surface area (Å²) in [5.41, 5.74) is 0.892. The molecule has 0 spiro atoms. The van der Waals surface area contributed by atoms with Gasteiger partial charge < -0.3 is 14.7 Å². The average molecular weight is 267 g/mol. The van der Waals surface area contributed by atoms with E-state index < -0.39 is 12.3 Å². The topological polar surface area (TPSA) is 49.8 Å². The van der Waals surface area contributed by atoms with Crippen molar-refractivity contribution in [1.29, 1.82) is 0 Å². The van der Waals surface area contributed by atoms with Gasteiger partial charge in [0.1, 0.15) is 12.8 Å². The number of hydrogen-bond acceptors (Lipinski definition) is 3. The number of ether oxygens (including phenoxy) is 1. The summed E-state index contributed by atoms with van der Waals surface area (Å²) in [5.74, 6) is -0.201. The quantitative estimate of drug-likeness (QED) is 0.911. The van der Waals surface area contributed by atoms with Gasteiger partial charge in [0.2, 0.25) is 0 Å². The maximum absolute atomic E-state index is 13.4. The van der Waals surface area contributed by atoms with E-state index in [4.69, 9.17) is 9.84 Å². The molecule has 1 N–H and O–H groups in total. The van der Waals surface area contributed by atoms with Crippen molar-refractivity contribution in [3.05, 3.63) is 35.9 Å². The summed E-state index contributed by atoms with van der Waals surface area (Å²) in [6.07, 6.45) is -1.31. The second kappa shape index (κ2) is 6.52. The highest BCUT2D eigenvalue weighted by atomic mass is 19.1. The van der Waals surface area contributed by atoms with Crippen LogP contribution in [0.5, 0.6) is 0 Å². The Morgan fingerprint density at radius 2 is 2.11 bits per heavy atom. The molecule has 1 aromatic rings. The third kappa shape index (κ3) is 3.92. The van der Waals surface area contributed by atoms with Gasteiger partial charge in [-0.2, -0.15) is 0 Å². The third-order valence-corrected chi connectivity index (χ3v) is 3.21. The second-order valence-electron chi connectivity index (χ2n) is 4.83. The van der Waals surface area contributed by atoms with Crippen LogP contribution in [0.2, 0.25) is 0 Å². The van der Waals surface area contributed by atoms with E-state index in [2.05, 4.69) is 0 Å². The molecule has 1 saturated heterocycles. The molecule has 0 unspecified atom stereocenters. The van der Waals surface area contributed by atoms with Crippen molar-refractivity contribution < 1.29 is 19.0 Å². The molecule has 1 fully saturated rings. The fourth-order valence-corrected chi connectivity index (χ4v) is 2.23. The number of hydrogen-bond donors (Lipinski definition) is 1. The van der Waals surface area contributed by atoms with Gasteiger partial charge in [-0.15, -0.1) is 0 Å². The van der Waals surface area contributed by atoms with Crippen LogP contribution in [0.4, 0.5) is 9.18 Å². The Bertz CT molecular complexity index is 412. The van der Waals surface area contributed by atoms with Crippen LogP contribution in [0.25, 0.3) is 0 Å². The zero-order valence-corrected chi connectivity index (χ0v) is 10.7. The molecular weight excluding hydrogens is 249 g/mol. The first-order chi connectivity index (χ1) is 9.19. The van der Waals surface area contributed by atoms with Gasteiger partial charge in [-0.05, 0) is 12.0 Å². The van der Waals surface area contributed by atoms with E-state index >= 15 is 0 Å². The second-order valence-corrected chi connectivity index (χ2v) is 4.83. The Hall–Kier alpha value is -1.62. The predicted molar refractivity (Wildman–Crippen MR) is 68.3 cm³/mol. The summed E-state index contributed by atoms with van der Waals surface area (Å²) in [6, 6.07) is 9.33. The number of alkyl halides is 1. The van der Waals surface area contributed by atoms with Crippen LogP contribution in [0.3, 0.4) is 0 Å². The first kappa shape index (κ1) is 13.8. The molecule has 0 bridgehead atoms. The Morgan fingerprint density at radius 1 is 1.37 bits per heavy atom. The molecule has 4 nitrogen and oxygen atoms in total. The molecule has 5 heteroatoms. The highest BCUT2D eigenvalue weighted by Crippen LogP contribution is 2.19. The number of benzene rings is 1. The number of rotatable bonds is 3. The monoisotopic (exact) mass is 267 g/mol. The van der Waals surface area contributed by atoms with Crippen LogP contribution in [0.15, 0.2) is 30.3 Å². The number of aliphatic hydroxyl groups excluding tert-OH is 1. The minimum absolute atomic E-state index is 0.0458. The summed E-state index contributed by atoms with van der Waals surface area (Å²) in [6.45, 7) is 0.467. The lowest BCUT2D eigenvalue weighted by Gasteiger charge is -2.33. The molecule has 2 rings (SSSR count). The molecule has 1 aromatic carbocycles. The fraction of sp³-hybridized carbons (Fsp3) is 0.500. The van der Waals surface area contributed by atoms with Gasteiger partial charge in [0.15, 0.2) is 0 Å². The number of aliphatic hydroxyl groups is 1. The van der Waals surface area contributed by atoms with E-state index in [1.165, 1.54) is 4.90 Å². The minimum atomic E-state index is -1.09. The smallest absolute Gasteiger partial charge is 0.410 e. The Morgan fingerprint density at radius 3 is 2.79 bits per heavy atom. The van der Waals surface area contributed by atoms with Crippen LogP contribution in [-0.4, -0.2) is 42.0 Å². The number of carbonyl (C=O) groups is 1. The lowest BCUT2D eigenvalue weighted by atomic mass is 9.98. The van der Waals surface area contributed by atoms with Crippen LogP contribution < -0.4 is 0 Å². The fourth-order valence-electron chi connectivity index (χ4n) is 2.23. The number of likely N-dealkylation sites (tertiary alicyclic amines) is 1. The van der Waals surface area contributed by atoms with Crippen LogP contribution in [0.1, 0.15) is 12.0 Å². The van der Waals surface area contributed by atoms with E-state index in [-0.39, 0.29) is 25.7 Å². The number of carbonyl (C=O) groups excluding carboxylic acids is 1. The van der Waals surface area contributed by atoms with Crippen molar-refractivity contribution in [2.45, 2.75) is 19.2 Å². The largest absolute Gasteiger partial charge is 0.445 e. The molecule has 104 valence electrons. The third-order valence-electron chi connectivity index (χ3n) is 3.21. The Balaban J connectivity index is 1.85. The SMILES string of the molecule is O=C(OCc1ccccc1)N1C[C@@H](F)C[C@@H](CO)C1. The highest BCUT2D eigenvalue weighted by molar-refractivity contribution is 5.67. The zero-order valence-electron chi connectivity index (χ0n) is 10.7. The van der Waals surface area contributed by atoms with E-state index in [9.17, 15) is 9.18 Å². The average Bonchev–Trinajstić information content (AvgIpc) is 2.45. The van der Waals surface area contributed by atoms with Gasteiger partial charge in [-0.1, -0.05) is 30.3 Å². The van der Waals surface area contributed by atoms with Gasteiger partial charge in [0.25, 0.3) is 0 Å². The molecule has 1 aliphatic rings. The summed E-state index contributed by atoms with van der Waals surface area (Å²) in [4.78, 5) is 13.2. The van der Waals surface area contributed by atoms with Gasteiger partial charge >= 0.3 is 6.09 Å². The molecule has 0 aromatic heterocycles. The van der Waals surface area contributed by atoms with Crippen molar-refractivity contribution in [2.24, 2.45) is 5.92 Å². The molecule has 19 heavy (non-hydrogen) atoms. The lowest BCUT2D eigenvalue weighted by Crippen LogP contribution is -2.46. The maximum atomic E-state index is 13.4. The number of amides is 1. The number of nitrogens with zero attached hydrogens (tertiary/aromatic N) is 1. The molecule has 0 aliphatic carbocycles. The summed E-state index contributed by atoms with van der Waals surface area (Å²) in [5, 5.41) is 9.07. The predicted octanol–water partition coefficient (Wildman–Crippen LogP) is 1.98. The Labute approximate surface area is 111 Å². The van der Waals surface area contributed by atoms with E-state index in [1.807, 2.05) is 30.3 Å². The van der Waals surface area contributed by atoms with E-state index in [1.54, 1.807) is 0 Å². The van der Waals surface area contributed by atoms with Crippen LogP contribution in [-0.2, 0) is 11.3 Å². The van der Waals surface area contributed by atoms with Crippen molar-refractivity contribution in [2.75, 3.05) is 19.7 Å². The number of piperidine rings is 1. The first-order valence-electron chi connectivity index (χ1n) is 6.39. The molecule has 0 saturated carbocycles. The van der Waals surface area contributed by atoms with E-state index in [0.717, 1.165) is 5.56 Å². The zero-order chi connectivity index (χ0) is 13.7. The molecule has 1 amide bonds. The molecule has 1 heterocycles. The normalized spacial score (nSPS) is 23.2. The molecule has 0 radical (unpaired) electrons. The standard InChI is InChI=1S/C14H18FNO3/c15-13-6-12(9-17)7-16(8-13)14(18)19-10-11-4-2-1-3-5-11/h1-5,12-13,17H,6-10H2/t12-,13+/m1/s1. The first-order valence-corrected chi connectivity index (χ1v) is 6.39. The van der Waals surface area contributed by atoms with Crippen molar-refractivity contribution in [1.82, 2.24) is 4.90 Å². The van der Waals surface area contributed by atoms with Crippen molar-refractivity contribution in [3.8, 4) is 0 Å². The van der Waals surface area contributed by atoms with Gasteiger partial charge in [-0.25, -0.2) is 9.18 Å². The maximum Gasteiger partial charge on any atom is 0.410 e. The summed E-state index contributed by atoms with van der Waals surface area (Å²) >= 11 is 0. The number of halogens is 1. The van der Waals surface area contributed by atoms with Gasteiger partial charge in [0.05, 0.1) is 6.54 Å². The van der Waals surface area contributed by atoms with Gasteiger partial charge in [0, 0.05) is 19.1 Å². The van der Waals surface area contributed by atoms with Gasteiger partial charge in [-0.3, -0.25) is 0 Å². The highest BCUT2D eigenvalue weighted by Gasteiger charge is 2.30. The Kier molecular flexibility index (Phi) is 4.74. The lowest BCUT2D eigenvalue weighted by molar-refractivity contribution is 0.0416. The van der Waals surface area contributed by atoms with Crippen molar-refractivity contribution >= 4 is 6.09 Å². The molecule has 2 atom stereocenters. The van der Waals surface area contributed by atoms with E-state index in [0.29, 0.717) is 13.0 Å². The van der Waals surface area contributed by atoms with Crippen LogP contribution >= 0.6 is 0 Å². The molecular formula is C14H18FNO3. The summed E-state index contributed by atoms with van der Waals surface area (Å²) in [7, 11) is 0. The molecule has 1 aliphatic heterocycles. The summed E-state index contributed by atoms with van der Waals surface area (Å²) < 4.78 is 18.6. The minimum Gasteiger partial charge on any atom is -0.445 e. The van der Waals surface area contributed by atoms with Crippen LogP contribution in [0, 0.1) is 5.92 Å².